The number of phenols is 3. The van der Waals surface area contributed by atoms with Crippen molar-refractivity contribution >= 4 is 21.8 Å². The van der Waals surface area contributed by atoms with Crippen LogP contribution in [0.25, 0.3) is 44.2 Å². The van der Waals surface area contributed by atoms with Gasteiger partial charge in [0.05, 0.1) is 32.5 Å². The number of aromatic nitrogens is 2. The number of ether oxygens (including phenoxy) is 3. The molecule has 0 bridgehead atoms. The molecule has 204 valence electrons. The Kier molecular flexibility index (Phi) is 5.87. The first-order valence-electron chi connectivity index (χ1n) is 12.7. The number of phenolic OH excluding ortho intramolecular Hbond substituents is 3. The Morgan fingerprint density at radius 2 is 1.57 bits per heavy atom. The van der Waals surface area contributed by atoms with Crippen molar-refractivity contribution in [3.8, 4) is 56.9 Å². The Morgan fingerprint density at radius 1 is 0.900 bits per heavy atom. The molecule has 5 aromatic rings. The van der Waals surface area contributed by atoms with Gasteiger partial charge in [-0.05, 0) is 47.9 Å². The SMILES string of the molecule is C=CCn1c(=O)c2c(c(-c3ccc(O)c(OC)c3)c3n2CCc2cc(O)c(OC)cc2-3)c2cc(OC)c(O)cc21. The van der Waals surface area contributed by atoms with Gasteiger partial charge in [0.25, 0.3) is 5.56 Å². The number of nitrogens with zero attached hydrogens (tertiary/aromatic N) is 2. The van der Waals surface area contributed by atoms with Crippen LogP contribution in [-0.2, 0) is 19.5 Å². The Morgan fingerprint density at radius 3 is 2.27 bits per heavy atom. The highest BCUT2D eigenvalue weighted by Crippen LogP contribution is 2.49. The number of aromatic hydroxyl groups is 3. The van der Waals surface area contributed by atoms with E-state index in [1.54, 1.807) is 47.0 Å². The summed E-state index contributed by atoms with van der Waals surface area (Å²) in [5.41, 5.74) is 4.71. The van der Waals surface area contributed by atoms with Crippen LogP contribution in [-0.4, -0.2) is 45.8 Å². The van der Waals surface area contributed by atoms with Gasteiger partial charge >= 0.3 is 0 Å². The highest BCUT2D eigenvalue weighted by molar-refractivity contribution is 6.17. The standard InChI is InChI=1S/C31H28N2O7/c1-5-9-32-20-15-23(36)26(40-4)14-19(20)28-27(17-6-7-21(34)24(12-17)38-2)29-18-13-25(39-3)22(35)11-16(18)8-10-33(29)30(28)31(32)37/h5-7,11-15,34-36H,1,8-10H2,2-4H3. The summed E-state index contributed by atoms with van der Waals surface area (Å²) in [7, 11) is 4.45. The summed E-state index contributed by atoms with van der Waals surface area (Å²) < 4.78 is 20.0. The first-order valence-corrected chi connectivity index (χ1v) is 12.7. The van der Waals surface area contributed by atoms with Crippen LogP contribution in [0.3, 0.4) is 0 Å². The summed E-state index contributed by atoms with van der Waals surface area (Å²) in [4.78, 5) is 14.2. The lowest BCUT2D eigenvalue weighted by Gasteiger charge is -2.22. The Hall–Kier alpha value is -5.05. The maximum atomic E-state index is 14.2. The number of pyridine rings is 1. The monoisotopic (exact) mass is 540 g/mol. The van der Waals surface area contributed by atoms with Gasteiger partial charge < -0.3 is 38.7 Å². The van der Waals surface area contributed by atoms with Crippen LogP contribution in [0, 0.1) is 0 Å². The highest BCUT2D eigenvalue weighted by atomic mass is 16.5. The largest absolute Gasteiger partial charge is 0.504 e. The molecule has 9 nitrogen and oxygen atoms in total. The summed E-state index contributed by atoms with van der Waals surface area (Å²) in [5, 5.41) is 32.9. The molecule has 3 aromatic carbocycles. The van der Waals surface area contributed by atoms with Gasteiger partial charge in [0, 0.05) is 41.1 Å². The maximum absolute atomic E-state index is 14.2. The molecule has 0 saturated heterocycles. The van der Waals surface area contributed by atoms with E-state index in [0.717, 1.165) is 22.4 Å². The van der Waals surface area contributed by atoms with Crippen LogP contribution in [0.5, 0.6) is 34.5 Å². The third kappa shape index (κ3) is 3.51. The van der Waals surface area contributed by atoms with Gasteiger partial charge in [-0.25, -0.2) is 0 Å². The van der Waals surface area contributed by atoms with E-state index in [0.29, 0.717) is 46.1 Å². The highest BCUT2D eigenvalue weighted by Gasteiger charge is 2.31. The van der Waals surface area contributed by atoms with Crippen LogP contribution in [0.4, 0.5) is 0 Å². The van der Waals surface area contributed by atoms with Crippen LogP contribution in [0.2, 0.25) is 0 Å². The van der Waals surface area contributed by atoms with Gasteiger partial charge in [-0.3, -0.25) is 4.79 Å². The molecule has 1 aliphatic rings. The topological polar surface area (TPSA) is 115 Å². The molecular formula is C31H28N2O7. The number of aryl methyl sites for hydroxylation is 2. The van der Waals surface area contributed by atoms with E-state index in [4.69, 9.17) is 14.2 Å². The molecule has 0 amide bonds. The fourth-order valence-corrected chi connectivity index (χ4v) is 5.85. The van der Waals surface area contributed by atoms with E-state index < -0.39 is 0 Å². The molecule has 0 atom stereocenters. The predicted octanol–water partition coefficient (Wildman–Crippen LogP) is 5.17. The summed E-state index contributed by atoms with van der Waals surface area (Å²) in [6.07, 6.45) is 2.22. The summed E-state index contributed by atoms with van der Waals surface area (Å²) >= 11 is 0. The molecule has 40 heavy (non-hydrogen) atoms. The molecule has 3 heterocycles. The summed E-state index contributed by atoms with van der Waals surface area (Å²) in [6, 6.07) is 11.8. The molecule has 9 heteroatoms. The number of fused-ring (bicyclic) bond motifs is 7. The minimum Gasteiger partial charge on any atom is -0.504 e. The fourth-order valence-electron chi connectivity index (χ4n) is 5.85. The number of methoxy groups -OCH3 is 3. The van der Waals surface area contributed by atoms with Crippen molar-refractivity contribution in [3.63, 3.8) is 0 Å². The second-order valence-electron chi connectivity index (χ2n) is 9.66. The number of benzene rings is 3. The van der Waals surface area contributed by atoms with Gasteiger partial charge in [0.2, 0.25) is 0 Å². The molecule has 3 N–H and O–H groups in total. The van der Waals surface area contributed by atoms with E-state index in [1.807, 2.05) is 4.57 Å². The Labute approximate surface area is 229 Å². The first-order chi connectivity index (χ1) is 19.3. The Balaban J connectivity index is 1.89. The zero-order chi connectivity index (χ0) is 28.3. The second-order valence-corrected chi connectivity index (χ2v) is 9.66. The molecule has 0 spiro atoms. The number of hydrogen-bond acceptors (Lipinski definition) is 7. The number of rotatable bonds is 6. The smallest absolute Gasteiger partial charge is 0.275 e. The minimum atomic E-state index is -0.237. The maximum Gasteiger partial charge on any atom is 0.275 e. The van der Waals surface area contributed by atoms with Gasteiger partial charge in [0.15, 0.2) is 34.5 Å². The van der Waals surface area contributed by atoms with Crippen LogP contribution < -0.4 is 19.8 Å². The Bertz CT molecular complexity index is 1920. The van der Waals surface area contributed by atoms with Crippen molar-refractivity contribution in [1.82, 2.24) is 9.13 Å². The van der Waals surface area contributed by atoms with Crippen molar-refractivity contribution in [1.29, 1.82) is 0 Å². The molecule has 0 unspecified atom stereocenters. The summed E-state index contributed by atoms with van der Waals surface area (Å²) in [5.74, 6) is 0.798. The van der Waals surface area contributed by atoms with Crippen molar-refractivity contribution in [2.75, 3.05) is 21.3 Å². The van der Waals surface area contributed by atoms with E-state index in [1.165, 1.54) is 27.4 Å². The van der Waals surface area contributed by atoms with Crippen LogP contribution in [0.15, 0.2) is 59.9 Å². The van der Waals surface area contributed by atoms with Crippen LogP contribution >= 0.6 is 0 Å². The molecule has 0 radical (unpaired) electrons. The molecule has 2 aromatic heterocycles. The average Bonchev–Trinajstić information content (AvgIpc) is 3.30. The molecule has 1 aliphatic heterocycles. The molecule has 6 rings (SSSR count). The van der Waals surface area contributed by atoms with E-state index in [9.17, 15) is 20.1 Å². The van der Waals surface area contributed by atoms with Crippen LogP contribution in [0.1, 0.15) is 5.56 Å². The molecule has 0 saturated carbocycles. The minimum absolute atomic E-state index is 0.0135. The number of hydrogen-bond donors (Lipinski definition) is 3. The van der Waals surface area contributed by atoms with Crippen molar-refractivity contribution in [3.05, 3.63) is 71.0 Å². The predicted molar refractivity (Wildman–Crippen MR) is 153 cm³/mol. The average molecular weight is 541 g/mol. The van der Waals surface area contributed by atoms with Crippen molar-refractivity contribution in [2.45, 2.75) is 19.5 Å². The van der Waals surface area contributed by atoms with Gasteiger partial charge in [-0.2, -0.15) is 0 Å². The fraction of sp³-hybridized carbons (Fsp3) is 0.194. The van der Waals surface area contributed by atoms with Gasteiger partial charge in [-0.1, -0.05) is 12.1 Å². The third-order valence-corrected chi connectivity index (χ3v) is 7.61. The third-order valence-electron chi connectivity index (χ3n) is 7.61. The number of allylic oxidation sites excluding steroid dienone is 1. The molecule has 0 aliphatic carbocycles. The van der Waals surface area contributed by atoms with E-state index >= 15 is 0 Å². The van der Waals surface area contributed by atoms with Crippen molar-refractivity contribution in [2.24, 2.45) is 0 Å². The van der Waals surface area contributed by atoms with E-state index in [2.05, 4.69) is 6.58 Å². The van der Waals surface area contributed by atoms with E-state index in [-0.39, 0.29) is 40.9 Å². The lowest BCUT2D eigenvalue weighted by molar-refractivity contribution is 0.373. The normalized spacial score (nSPS) is 12.3. The van der Waals surface area contributed by atoms with Gasteiger partial charge in [0.1, 0.15) is 5.52 Å². The lowest BCUT2D eigenvalue weighted by Crippen LogP contribution is -2.23. The summed E-state index contributed by atoms with van der Waals surface area (Å²) in [6.45, 7) is 4.56. The van der Waals surface area contributed by atoms with Gasteiger partial charge in [-0.15, -0.1) is 6.58 Å². The van der Waals surface area contributed by atoms with Crippen molar-refractivity contribution < 1.29 is 29.5 Å². The second kappa shape index (κ2) is 9.30. The lowest BCUT2D eigenvalue weighted by atomic mass is 9.91. The molecular weight excluding hydrogens is 512 g/mol. The zero-order valence-electron chi connectivity index (χ0n) is 22.3. The zero-order valence-corrected chi connectivity index (χ0v) is 22.3. The quantitative estimate of drug-likeness (QED) is 0.254. The first kappa shape index (κ1) is 25.2. The molecule has 0 fully saturated rings.